The summed E-state index contributed by atoms with van der Waals surface area (Å²) in [6, 6.07) is 8.15. The first kappa shape index (κ1) is 15.0. The van der Waals surface area contributed by atoms with Crippen LogP contribution in [0.4, 0.5) is 5.69 Å². The molecule has 0 fully saturated rings. The van der Waals surface area contributed by atoms with Gasteiger partial charge < -0.3 is 16.4 Å². The van der Waals surface area contributed by atoms with Crippen molar-refractivity contribution in [1.29, 1.82) is 0 Å². The van der Waals surface area contributed by atoms with Crippen molar-refractivity contribution in [2.24, 2.45) is 16.5 Å². The van der Waals surface area contributed by atoms with Gasteiger partial charge >= 0.3 is 0 Å². The number of benzene rings is 1. The Balaban J connectivity index is 1.92. The van der Waals surface area contributed by atoms with Crippen molar-refractivity contribution in [3.8, 4) is 11.1 Å². The summed E-state index contributed by atoms with van der Waals surface area (Å²) in [5.41, 5.74) is 15.9. The molecule has 0 saturated heterocycles. The van der Waals surface area contributed by atoms with Crippen LogP contribution in [0.25, 0.3) is 11.1 Å². The van der Waals surface area contributed by atoms with Crippen LogP contribution in [0.3, 0.4) is 0 Å². The van der Waals surface area contributed by atoms with E-state index in [1.165, 1.54) is 5.56 Å². The topological polar surface area (TPSA) is 97.6 Å². The third kappa shape index (κ3) is 3.15. The molecule has 0 atom stereocenters. The number of pyridine rings is 1. The highest BCUT2D eigenvalue weighted by Gasteiger charge is 2.20. The second-order valence-corrected chi connectivity index (χ2v) is 5.62. The first-order chi connectivity index (χ1) is 11.0. The van der Waals surface area contributed by atoms with Crippen LogP contribution in [0.2, 0.25) is 0 Å². The summed E-state index contributed by atoms with van der Waals surface area (Å²) < 4.78 is 0. The lowest BCUT2D eigenvalue weighted by atomic mass is 9.96. The van der Waals surface area contributed by atoms with Crippen molar-refractivity contribution in [1.82, 2.24) is 4.98 Å². The minimum absolute atomic E-state index is 0.0666. The average Bonchev–Trinajstić information content (AvgIpc) is 2.56. The van der Waals surface area contributed by atoms with E-state index in [4.69, 9.17) is 11.5 Å². The number of carbonyl (C=O) groups is 1. The fourth-order valence-electron chi connectivity index (χ4n) is 2.75. The number of aromatic nitrogens is 1. The van der Waals surface area contributed by atoms with Crippen LogP contribution in [0, 0.1) is 0 Å². The summed E-state index contributed by atoms with van der Waals surface area (Å²) in [5.74, 6) is 0.225. The molecule has 23 heavy (non-hydrogen) atoms. The Morgan fingerprint density at radius 3 is 2.83 bits per heavy atom. The highest BCUT2D eigenvalue weighted by molar-refractivity contribution is 5.96. The number of rotatable bonds is 3. The molecule has 2 heterocycles. The molecule has 0 saturated carbocycles. The summed E-state index contributed by atoms with van der Waals surface area (Å²) in [6.07, 6.45) is 4.89. The molecule has 3 rings (SSSR count). The van der Waals surface area contributed by atoms with Crippen molar-refractivity contribution in [3.05, 3.63) is 47.8 Å². The molecule has 6 nitrogen and oxygen atoms in total. The van der Waals surface area contributed by atoms with Gasteiger partial charge in [-0.2, -0.15) is 0 Å². The molecule has 0 aliphatic carbocycles. The summed E-state index contributed by atoms with van der Waals surface area (Å²) in [7, 11) is 1.82. The van der Waals surface area contributed by atoms with E-state index >= 15 is 0 Å². The van der Waals surface area contributed by atoms with Crippen molar-refractivity contribution < 1.29 is 4.79 Å². The summed E-state index contributed by atoms with van der Waals surface area (Å²) in [5, 5.41) is 0. The van der Waals surface area contributed by atoms with Crippen LogP contribution < -0.4 is 16.4 Å². The number of hydrogen-bond donors (Lipinski definition) is 2. The number of hydrogen-bond acceptors (Lipinski definition) is 3. The lowest BCUT2D eigenvalue weighted by Gasteiger charge is -2.26. The molecule has 6 heteroatoms. The van der Waals surface area contributed by atoms with Crippen molar-refractivity contribution in [2.45, 2.75) is 19.4 Å². The molecule has 0 spiro atoms. The van der Waals surface area contributed by atoms with Crippen LogP contribution in [0.1, 0.15) is 17.5 Å². The van der Waals surface area contributed by atoms with E-state index < -0.39 is 0 Å². The Morgan fingerprint density at radius 2 is 2.04 bits per heavy atom. The van der Waals surface area contributed by atoms with E-state index in [1.807, 2.05) is 31.4 Å². The molecule has 1 aromatic carbocycles. The van der Waals surface area contributed by atoms with Gasteiger partial charge in [-0.25, -0.2) is 4.99 Å². The monoisotopic (exact) mass is 309 g/mol. The maximum Gasteiger partial charge on any atom is 0.227 e. The van der Waals surface area contributed by atoms with E-state index in [2.05, 4.69) is 16.0 Å². The van der Waals surface area contributed by atoms with Crippen LogP contribution >= 0.6 is 0 Å². The zero-order chi connectivity index (χ0) is 16.4. The zero-order valence-electron chi connectivity index (χ0n) is 13.0. The van der Waals surface area contributed by atoms with Crippen LogP contribution in [0.15, 0.2) is 41.7 Å². The van der Waals surface area contributed by atoms with Gasteiger partial charge in [0.15, 0.2) is 5.96 Å². The Hall–Kier alpha value is -2.89. The molecule has 1 amide bonds. The molecular formula is C17H19N5O. The molecule has 1 aliphatic heterocycles. The normalized spacial score (nSPS) is 13.6. The number of carbonyl (C=O) groups excluding carboxylic acids is 1. The summed E-state index contributed by atoms with van der Waals surface area (Å²) >= 11 is 0. The highest BCUT2D eigenvalue weighted by Crippen LogP contribution is 2.31. The number of aliphatic imine (C=N–C) groups is 1. The van der Waals surface area contributed by atoms with Gasteiger partial charge in [0.2, 0.25) is 5.91 Å². The fraction of sp³-hybridized carbons (Fsp3) is 0.235. The third-order valence-electron chi connectivity index (χ3n) is 4.00. The predicted octanol–water partition coefficient (Wildman–Crippen LogP) is 1.43. The van der Waals surface area contributed by atoms with Crippen molar-refractivity contribution in [2.75, 3.05) is 11.9 Å². The van der Waals surface area contributed by atoms with Gasteiger partial charge in [-0.15, -0.1) is 0 Å². The van der Waals surface area contributed by atoms with E-state index in [9.17, 15) is 4.79 Å². The molecule has 0 bridgehead atoms. The van der Waals surface area contributed by atoms with Gasteiger partial charge in [0.05, 0.1) is 6.54 Å². The zero-order valence-corrected chi connectivity index (χ0v) is 13.0. The van der Waals surface area contributed by atoms with E-state index in [1.54, 1.807) is 11.1 Å². The maximum absolute atomic E-state index is 11.8. The minimum atomic E-state index is 0.0666. The molecule has 0 unspecified atom stereocenters. The molecule has 118 valence electrons. The molecule has 1 aromatic heterocycles. The number of aryl methyl sites for hydroxylation is 1. The van der Waals surface area contributed by atoms with Crippen molar-refractivity contribution in [3.63, 3.8) is 0 Å². The van der Waals surface area contributed by atoms with Gasteiger partial charge in [-0.3, -0.25) is 9.78 Å². The Morgan fingerprint density at radius 1 is 1.22 bits per heavy atom. The van der Waals surface area contributed by atoms with E-state index in [0.717, 1.165) is 28.8 Å². The quantitative estimate of drug-likeness (QED) is 0.662. The van der Waals surface area contributed by atoms with Gasteiger partial charge in [-0.05, 0) is 41.3 Å². The van der Waals surface area contributed by atoms with Crippen LogP contribution in [0.5, 0.6) is 0 Å². The largest absolute Gasteiger partial charge is 0.370 e. The Kier molecular flexibility index (Phi) is 3.97. The molecule has 1 aliphatic rings. The smallest absolute Gasteiger partial charge is 0.227 e. The number of fused-ring (bicyclic) bond motifs is 1. The fourth-order valence-corrected chi connectivity index (χ4v) is 2.75. The molecular weight excluding hydrogens is 290 g/mol. The number of nitrogens with zero attached hydrogens (tertiary/aromatic N) is 3. The predicted molar refractivity (Wildman–Crippen MR) is 90.9 cm³/mol. The maximum atomic E-state index is 11.8. The van der Waals surface area contributed by atoms with E-state index in [0.29, 0.717) is 13.0 Å². The van der Waals surface area contributed by atoms with Gasteiger partial charge in [0.25, 0.3) is 0 Å². The Bertz CT molecular complexity index is 780. The first-order valence-electron chi connectivity index (χ1n) is 7.44. The first-order valence-corrected chi connectivity index (χ1v) is 7.44. The number of nitrogens with two attached hydrogens (primary N) is 2. The summed E-state index contributed by atoms with van der Waals surface area (Å²) in [4.78, 5) is 21.8. The third-order valence-corrected chi connectivity index (χ3v) is 4.00. The molecule has 4 N–H and O–H groups in total. The SMILES string of the molecule is CN1C(=O)CCc2cc(-c3cncc(CN=C(N)N)c3)ccc21. The van der Waals surface area contributed by atoms with Crippen LogP contribution in [-0.2, 0) is 17.8 Å². The van der Waals surface area contributed by atoms with Gasteiger partial charge in [0, 0.05) is 37.1 Å². The highest BCUT2D eigenvalue weighted by atomic mass is 16.2. The standard InChI is InChI=1S/C17H19N5O/c1-22-15-4-2-12(7-13(15)3-5-16(22)23)14-6-11(8-20-10-14)9-21-17(18)19/h2,4,6-8,10H,3,5,9H2,1H3,(H4,18,19,21). The van der Waals surface area contributed by atoms with Gasteiger partial charge in [-0.1, -0.05) is 6.07 Å². The molecule has 0 radical (unpaired) electrons. The lowest BCUT2D eigenvalue weighted by Crippen LogP contribution is -2.30. The second-order valence-electron chi connectivity index (χ2n) is 5.62. The van der Waals surface area contributed by atoms with E-state index in [-0.39, 0.29) is 11.9 Å². The van der Waals surface area contributed by atoms with Crippen LogP contribution in [-0.4, -0.2) is 23.9 Å². The molecule has 2 aromatic rings. The average molecular weight is 309 g/mol. The second kappa shape index (κ2) is 6.08. The lowest BCUT2D eigenvalue weighted by molar-refractivity contribution is -0.118. The van der Waals surface area contributed by atoms with Gasteiger partial charge in [0.1, 0.15) is 0 Å². The number of anilines is 1. The Labute approximate surface area is 134 Å². The summed E-state index contributed by atoms with van der Waals surface area (Å²) in [6.45, 7) is 0.408. The van der Waals surface area contributed by atoms with Crippen molar-refractivity contribution >= 4 is 17.6 Å². The number of amides is 1. The number of guanidine groups is 1. The minimum Gasteiger partial charge on any atom is -0.370 e.